The van der Waals surface area contributed by atoms with Crippen molar-refractivity contribution in [2.24, 2.45) is 0 Å². The van der Waals surface area contributed by atoms with E-state index >= 15 is 0 Å². The Labute approximate surface area is 109 Å². The highest BCUT2D eigenvalue weighted by molar-refractivity contribution is 5.20. The summed E-state index contributed by atoms with van der Waals surface area (Å²) >= 11 is 0. The second-order valence-electron chi connectivity index (χ2n) is 4.70. The Morgan fingerprint density at radius 1 is 1.11 bits per heavy atom. The topological polar surface area (TPSA) is 12.0 Å². The summed E-state index contributed by atoms with van der Waals surface area (Å²) < 4.78 is 27.2. The molecule has 0 aliphatic heterocycles. The van der Waals surface area contributed by atoms with Gasteiger partial charge in [-0.1, -0.05) is 32.8 Å². The maximum atomic E-state index is 13.6. The van der Waals surface area contributed by atoms with Crippen LogP contribution in [0.25, 0.3) is 0 Å². The van der Waals surface area contributed by atoms with E-state index in [-0.39, 0.29) is 11.6 Å². The SMILES string of the molecule is CCCCC(Cc1c(F)cccc1F)NCCC. The summed E-state index contributed by atoms with van der Waals surface area (Å²) in [6, 6.07) is 4.23. The van der Waals surface area contributed by atoms with Crippen LogP contribution in [0.3, 0.4) is 0 Å². The fraction of sp³-hybridized carbons (Fsp3) is 0.600. The minimum atomic E-state index is -0.435. The van der Waals surface area contributed by atoms with Crippen molar-refractivity contribution in [1.29, 1.82) is 0 Å². The molecular weight excluding hydrogens is 232 g/mol. The van der Waals surface area contributed by atoms with Crippen LogP contribution in [-0.4, -0.2) is 12.6 Å². The summed E-state index contributed by atoms with van der Waals surface area (Å²) in [4.78, 5) is 0. The van der Waals surface area contributed by atoms with Gasteiger partial charge in [-0.15, -0.1) is 0 Å². The molecule has 1 aromatic carbocycles. The van der Waals surface area contributed by atoms with Gasteiger partial charge in [-0.2, -0.15) is 0 Å². The zero-order valence-corrected chi connectivity index (χ0v) is 11.3. The van der Waals surface area contributed by atoms with Gasteiger partial charge in [0.2, 0.25) is 0 Å². The van der Waals surface area contributed by atoms with E-state index in [9.17, 15) is 8.78 Å². The summed E-state index contributed by atoms with van der Waals surface area (Å²) in [5.74, 6) is -0.871. The second-order valence-corrected chi connectivity index (χ2v) is 4.70. The molecule has 0 aliphatic carbocycles. The molecule has 0 fully saturated rings. The van der Waals surface area contributed by atoms with E-state index in [0.717, 1.165) is 32.2 Å². The normalized spacial score (nSPS) is 12.7. The lowest BCUT2D eigenvalue weighted by atomic mass is 10.00. The number of nitrogens with one attached hydrogen (secondary N) is 1. The van der Waals surface area contributed by atoms with Crippen LogP contribution in [0.2, 0.25) is 0 Å². The molecule has 0 amide bonds. The highest BCUT2D eigenvalue weighted by atomic mass is 19.1. The first kappa shape index (κ1) is 15.1. The molecule has 0 saturated heterocycles. The zero-order chi connectivity index (χ0) is 13.4. The largest absolute Gasteiger partial charge is 0.314 e. The molecule has 1 atom stereocenters. The first-order valence-electron chi connectivity index (χ1n) is 6.85. The number of rotatable bonds is 8. The quantitative estimate of drug-likeness (QED) is 0.738. The van der Waals surface area contributed by atoms with Crippen molar-refractivity contribution in [3.05, 3.63) is 35.4 Å². The summed E-state index contributed by atoms with van der Waals surface area (Å²) in [7, 11) is 0. The van der Waals surface area contributed by atoms with Crippen LogP contribution in [0.15, 0.2) is 18.2 Å². The molecule has 102 valence electrons. The first-order valence-corrected chi connectivity index (χ1v) is 6.85. The van der Waals surface area contributed by atoms with Crippen molar-refractivity contribution in [3.63, 3.8) is 0 Å². The van der Waals surface area contributed by atoms with Crippen molar-refractivity contribution >= 4 is 0 Å². The Balaban J connectivity index is 2.68. The second kappa shape index (κ2) is 8.20. The third-order valence-corrected chi connectivity index (χ3v) is 3.10. The molecule has 1 unspecified atom stereocenters. The molecule has 0 bridgehead atoms. The Hall–Kier alpha value is -0.960. The molecule has 0 heterocycles. The van der Waals surface area contributed by atoms with Crippen molar-refractivity contribution in [2.75, 3.05) is 6.54 Å². The van der Waals surface area contributed by atoms with Gasteiger partial charge in [-0.05, 0) is 37.9 Å². The standard InChI is InChI=1S/C15H23F2N/c1-3-5-7-12(18-10-4-2)11-13-14(16)8-6-9-15(13)17/h6,8-9,12,18H,3-5,7,10-11H2,1-2H3. The number of benzene rings is 1. The number of hydrogen-bond donors (Lipinski definition) is 1. The van der Waals surface area contributed by atoms with E-state index in [0.29, 0.717) is 6.42 Å². The number of hydrogen-bond acceptors (Lipinski definition) is 1. The molecule has 1 nitrogen and oxygen atoms in total. The lowest BCUT2D eigenvalue weighted by molar-refractivity contribution is 0.443. The molecule has 0 saturated carbocycles. The molecule has 0 aromatic heterocycles. The molecule has 18 heavy (non-hydrogen) atoms. The predicted molar refractivity (Wildman–Crippen MR) is 71.7 cm³/mol. The van der Waals surface area contributed by atoms with Gasteiger partial charge >= 0.3 is 0 Å². The minimum absolute atomic E-state index is 0.163. The van der Waals surface area contributed by atoms with Gasteiger partial charge in [0.25, 0.3) is 0 Å². The van der Waals surface area contributed by atoms with Crippen LogP contribution in [-0.2, 0) is 6.42 Å². The van der Waals surface area contributed by atoms with Gasteiger partial charge in [0.15, 0.2) is 0 Å². The lowest BCUT2D eigenvalue weighted by Crippen LogP contribution is -2.32. The first-order chi connectivity index (χ1) is 8.69. The molecule has 0 aliphatic rings. The summed E-state index contributed by atoms with van der Waals surface area (Å²) in [6.45, 7) is 5.11. The van der Waals surface area contributed by atoms with Gasteiger partial charge in [-0.3, -0.25) is 0 Å². The molecule has 1 aromatic rings. The van der Waals surface area contributed by atoms with Crippen LogP contribution in [0.1, 0.15) is 45.1 Å². The fourth-order valence-corrected chi connectivity index (χ4v) is 2.05. The van der Waals surface area contributed by atoms with Crippen LogP contribution in [0.4, 0.5) is 8.78 Å². The van der Waals surface area contributed by atoms with E-state index < -0.39 is 11.6 Å². The van der Waals surface area contributed by atoms with Crippen molar-refractivity contribution < 1.29 is 8.78 Å². The number of unbranched alkanes of at least 4 members (excludes halogenated alkanes) is 1. The van der Waals surface area contributed by atoms with Gasteiger partial charge in [0.1, 0.15) is 11.6 Å². The van der Waals surface area contributed by atoms with E-state index in [1.807, 2.05) is 0 Å². The fourth-order valence-electron chi connectivity index (χ4n) is 2.05. The molecule has 0 spiro atoms. The Morgan fingerprint density at radius 3 is 2.33 bits per heavy atom. The van der Waals surface area contributed by atoms with Gasteiger partial charge in [-0.25, -0.2) is 8.78 Å². The highest BCUT2D eigenvalue weighted by Crippen LogP contribution is 2.16. The predicted octanol–water partition coefficient (Wildman–Crippen LogP) is 4.07. The Kier molecular flexibility index (Phi) is 6.88. The Bertz CT molecular complexity index is 324. The number of halogens is 2. The summed E-state index contributed by atoms with van der Waals surface area (Å²) in [5.41, 5.74) is 0.210. The van der Waals surface area contributed by atoms with E-state index in [2.05, 4.69) is 19.2 Å². The monoisotopic (exact) mass is 255 g/mol. The van der Waals surface area contributed by atoms with Gasteiger partial charge < -0.3 is 5.32 Å². The van der Waals surface area contributed by atoms with Crippen molar-refractivity contribution in [2.45, 2.75) is 52.0 Å². The third-order valence-electron chi connectivity index (χ3n) is 3.10. The van der Waals surface area contributed by atoms with Crippen molar-refractivity contribution in [1.82, 2.24) is 5.32 Å². The Morgan fingerprint density at radius 2 is 1.78 bits per heavy atom. The van der Waals surface area contributed by atoms with E-state index in [1.165, 1.54) is 18.2 Å². The van der Waals surface area contributed by atoms with Gasteiger partial charge in [0.05, 0.1) is 0 Å². The van der Waals surface area contributed by atoms with Crippen LogP contribution in [0, 0.1) is 11.6 Å². The van der Waals surface area contributed by atoms with Crippen LogP contribution >= 0.6 is 0 Å². The molecular formula is C15H23F2N. The third kappa shape index (κ3) is 4.73. The van der Waals surface area contributed by atoms with E-state index in [4.69, 9.17) is 0 Å². The maximum absolute atomic E-state index is 13.6. The molecule has 1 rings (SSSR count). The average Bonchev–Trinajstić information content (AvgIpc) is 2.36. The molecule has 1 N–H and O–H groups in total. The van der Waals surface area contributed by atoms with E-state index in [1.54, 1.807) is 0 Å². The smallest absolute Gasteiger partial charge is 0.129 e. The highest BCUT2D eigenvalue weighted by Gasteiger charge is 2.14. The zero-order valence-electron chi connectivity index (χ0n) is 11.3. The van der Waals surface area contributed by atoms with Crippen LogP contribution in [0.5, 0.6) is 0 Å². The van der Waals surface area contributed by atoms with Crippen molar-refractivity contribution in [3.8, 4) is 0 Å². The summed E-state index contributed by atoms with van der Waals surface area (Å²) in [6.07, 6.45) is 4.60. The lowest BCUT2D eigenvalue weighted by Gasteiger charge is -2.19. The average molecular weight is 255 g/mol. The maximum Gasteiger partial charge on any atom is 0.129 e. The van der Waals surface area contributed by atoms with Crippen LogP contribution < -0.4 is 5.32 Å². The van der Waals surface area contributed by atoms with Gasteiger partial charge in [0, 0.05) is 11.6 Å². The molecule has 3 heteroatoms. The summed E-state index contributed by atoms with van der Waals surface area (Å²) in [5, 5.41) is 3.37. The molecule has 0 radical (unpaired) electrons. The minimum Gasteiger partial charge on any atom is -0.314 e.